The van der Waals surface area contributed by atoms with E-state index in [1.807, 2.05) is 42.5 Å². The summed E-state index contributed by atoms with van der Waals surface area (Å²) in [5, 5.41) is 3.12. The Morgan fingerprint density at radius 3 is 2.57 bits per heavy atom. The van der Waals surface area contributed by atoms with Crippen molar-refractivity contribution in [1.29, 1.82) is 0 Å². The zero-order valence-electron chi connectivity index (χ0n) is 11.3. The summed E-state index contributed by atoms with van der Waals surface area (Å²) < 4.78 is 0. The number of aromatic nitrogens is 3. The van der Waals surface area contributed by atoms with Crippen molar-refractivity contribution >= 4 is 5.95 Å². The highest BCUT2D eigenvalue weighted by molar-refractivity contribution is 5.59. The predicted molar refractivity (Wildman–Crippen MR) is 81.9 cm³/mol. The summed E-state index contributed by atoms with van der Waals surface area (Å²) in [7, 11) is 0. The van der Waals surface area contributed by atoms with Crippen molar-refractivity contribution in [3.05, 3.63) is 76.8 Å². The van der Waals surface area contributed by atoms with E-state index in [4.69, 9.17) is 0 Å². The first-order chi connectivity index (χ1) is 10.3. The summed E-state index contributed by atoms with van der Waals surface area (Å²) in [6, 6.07) is 14.9. The van der Waals surface area contributed by atoms with E-state index in [1.54, 1.807) is 12.4 Å². The van der Waals surface area contributed by atoms with Crippen molar-refractivity contribution in [2.24, 2.45) is 0 Å². The standard InChI is InChI=1S/C16H14N4O/c21-15-10-14(13-4-2-1-3-5-13)19-16(20-15)18-11-12-6-8-17-9-7-12/h1-10H,11H2,(H2,18,19,20,21). The van der Waals surface area contributed by atoms with Gasteiger partial charge < -0.3 is 5.32 Å². The van der Waals surface area contributed by atoms with Crippen LogP contribution < -0.4 is 10.9 Å². The third kappa shape index (κ3) is 3.33. The molecule has 0 saturated carbocycles. The van der Waals surface area contributed by atoms with Crippen molar-refractivity contribution in [3.8, 4) is 11.3 Å². The molecule has 0 atom stereocenters. The molecule has 2 heterocycles. The Morgan fingerprint density at radius 1 is 1.05 bits per heavy atom. The second kappa shape index (κ2) is 6.00. The molecule has 3 rings (SSSR count). The third-order valence-corrected chi connectivity index (χ3v) is 3.02. The van der Waals surface area contributed by atoms with Crippen molar-refractivity contribution in [2.75, 3.05) is 5.32 Å². The molecule has 21 heavy (non-hydrogen) atoms. The quantitative estimate of drug-likeness (QED) is 0.769. The molecule has 0 unspecified atom stereocenters. The van der Waals surface area contributed by atoms with Gasteiger partial charge in [-0.1, -0.05) is 30.3 Å². The molecule has 1 aromatic carbocycles. The van der Waals surface area contributed by atoms with Gasteiger partial charge >= 0.3 is 0 Å². The topological polar surface area (TPSA) is 70.7 Å². The maximum absolute atomic E-state index is 11.8. The Morgan fingerprint density at radius 2 is 1.81 bits per heavy atom. The summed E-state index contributed by atoms with van der Waals surface area (Å²) in [6.07, 6.45) is 3.46. The average molecular weight is 278 g/mol. The lowest BCUT2D eigenvalue weighted by molar-refractivity contribution is 1.03. The van der Waals surface area contributed by atoms with Crippen LogP contribution in [0, 0.1) is 0 Å². The number of aromatic amines is 1. The Hall–Kier alpha value is -2.95. The third-order valence-electron chi connectivity index (χ3n) is 3.02. The van der Waals surface area contributed by atoms with Gasteiger partial charge in [-0.2, -0.15) is 0 Å². The van der Waals surface area contributed by atoms with E-state index in [0.29, 0.717) is 18.2 Å². The highest BCUT2D eigenvalue weighted by Gasteiger charge is 2.03. The second-order valence-electron chi connectivity index (χ2n) is 4.55. The molecule has 0 aliphatic heterocycles. The Balaban J connectivity index is 1.83. The van der Waals surface area contributed by atoms with Crippen LogP contribution in [-0.2, 0) is 6.54 Å². The maximum Gasteiger partial charge on any atom is 0.252 e. The number of benzene rings is 1. The van der Waals surface area contributed by atoms with Gasteiger partial charge in [-0.15, -0.1) is 0 Å². The van der Waals surface area contributed by atoms with Gasteiger partial charge in [0.2, 0.25) is 5.95 Å². The predicted octanol–water partition coefficient (Wildman–Crippen LogP) is 2.44. The van der Waals surface area contributed by atoms with E-state index in [1.165, 1.54) is 6.07 Å². The number of anilines is 1. The van der Waals surface area contributed by atoms with Crippen LogP contribution >= 0.6 is 0 Å². The van der Waals surface area contributed by atoms with Crippen molar-refractivity contribution in [1.82, 2.24) is 15.0 Å². The molecule has 3 aromatic rings. The first kappa shape index (κ1) is 13.1. The summed E-state index contributed by atoms with van der Waals surface area (Å²) in [5.41, 5.74) is 2.45. The Bertz CT molecular complexity index is 769. The lowest BCUT2D eigenvalue weighted by atomic mass is 10.1. The fourth-order valence-electron chi connectivity index (χ4n) is 1.98. The minimum Gasteiger partial charge on any atom is -0.352 e. The molecular formula is C16H14N4O. The number of nitrogens with zero attached hydrogens (tertiary/aromatic N) is 2. The SMILES string of the molecule is O=c1cc(-c2ccccc2)nc(NCc2ccncc2)[nH]1. The number of rotatable bonds is 4. The largest absolute Gasteiger partial charge is 0.352 e. The van der Waals surface area contributed by atoms with Gasteiger partial charge in [0.25, 0.3) is 5.56 Å². The molecule has 0 radical (unpaired) electrons. The van der Waals surface area contributed by atoms with Gasteiger partial charge in [0.05, 0.1) is 5.69 Å². The molecule has 5 nitrogen and oxygen atoms in total. The normalized spacial score (nSPS) is 10.3. The molecule has 0 aliphatic carbocycles. The van der Waals surface area contributed by atoms with Crippen LogP contribution in [0.15, 0.2) is 65.7 Å². The van der Waals surface area contributed by atoms with Gasteiger partial charge in [0.15, 0.2) is 0 Å². The molecule has 0 fully saturated rings. The number of hydrogen-bond donors (Lipinski definition) is 2. The van der Waals surface area contributed by atoms with Crippen LogP contribution in [0.2, 0.25) is 0 Å². The first-order valence-electron chi connectivity index (χ1n) is 6.61. The smallest absolute Gasteiger partial charge is 0.252 e. The minimum absolute atomic E-state index is 0.180. The van der Waals surface area contributed by atoms with E-state index in [2.05, 4.69) is 20.3 Å². The summed E-state index contributed by atoms with van der Waals surface area (Å²) in [4.78, 5) is 22.8. The maximum atomic E-state index is 11.8. The lowest BCUT2D eigenvalue weighted by Crippen LogP contribution is -2.12. The van der Waals surface area contributed by atoms with E-state index in [-0.39, 0.29) is 5.56 Å². The fraction of sp³-hybridized carbons (Fsp3) is 0.0625. The van der Waals surface area contributed by atoms with Gasteiger partial charge in [-0.25, -0.2) is 4.98 Å². The molecule has 0 spiro atoms. The number of nitrogens with one attached hydrogen (secondary N) is 2. The van der Waals surface area contributed by atoms with Crippen LogP contribution in [0.3, 0.4) is 0 Å². The molecule has 2 N–H and O–H groups in total. The van der Waals surface area contributed by atoms with E-state index < -0.39 is 0 Å². The zero-order valence-corrected chi connectivity index (χ0v) is 11.3. The molecule has 0 saturated heterocycles. The van der Waals surface area contributed by atoms with Gasteiger partial charge in [0, 0.05) is 30.6 Å². The average Bonchev–Trinajstić information content (AvgIpc) is 2.54. The van der Waals surface area contributed by atoms with Gasteiger partial charge in [-0.05, 0) is 17.7 Å². The number of hydrogen-bond acceptors (Lipinski definition) is 4. The summed E-state index contributed by atoms with van der Waals surface area (Å²) >= 11 is 0. The van der Waals surface area contributed by atoms with Gasteiger partial charge in [0.1, 0.15) is 0 Å². The van der Waals surface area contributed by atoms with Crippen LogP contribution in [0.1, 0.15) is 5.56 Å². The summed E-state index contributed by atoms with van der Waals surface area (Å²) in [5.74, 6) is 0.457. The monoisotopic (exact) mass is 278 g/mol. The van der Waals surface area contributed by atoms with Crippen LogP contribution in [-0.4, -0.2) is 15.0 Å². The molecule has 2 aromatic heterocycles. The second-order valence-corrected chi connectivity index (χ2v) is 4.55. The molecule has 0 amide bonds. The van der Waals surface area contributed by atoms with Crippen LogP contribution in [0.25, 0.3) is 11.3 Å². The van der Waals surface area contributed by atoms with E-state index in [9.17, 15) is 4.79 Å². The van der Waals surface area contributed by atoms with Gasteiger partial charge in [-0.3, -0.25) is 14.8 Å². The minimum atomic E-state index is -0.180. The molecular weight excluding hydrogens is 264 g/mol. The molecule has 104 valence electrons. The first-order valence-corrected chi connectivity index (χ1v) is 6.61. The summed E-state index contributed by atoms with van der Waals surface area (Å²) in [6.45, 7) is 0.573. The zero-order chi connectivity index (χ0) is 14.5. The number of H-pyrrole nitrogens is 1. The highest BCUT2D eigenvalue weighted by Crippen LogP contribution is 2.15. The highest BCUT2D eigenvalue weighted by atomic mass is 16.1. The van der Waals surface area contributed by atoms with Crippen molar-refractivity contribution < 1.29 is 0 Å². The van der Waals surface area contributed by atoms with E-state index in [0.717, 1.165) is 11.1 Å². The van der Waals surface area contributed by atoms with Crippen LogP contribution in [0.4, 0.5) is 5.95 Å². The molecule has 5 heteroatoms. The lowest BCUT2D eigenvalue weighted by Gasteiger charge is -2.07. The van der Waals surface area contributed by atoms with Crippen LogP contribution in [0.5, 0.6) is 0 Å². The number of pyridine rings is 1. The molecule has 0 aliphatic rings. The molecule has 0 bridgehead atoms. The van der Waals surface area contributed by atoms with Crippen molar-refractivity contribution in [2.45, 2.75) is 6.54 Å². The Labute approximate surface area is 121 Å². The van der Waals surface area contributed by atoms with E-state index >= 15 is 0 Å². The fourth-order valence-corrected chi connectivity index (χ4v) is 1.98. The Kier molecular flexibility index (Phi) is 3.73. The van der Waals surface area contributed by atoms with Crippen molar-refractivity contribution in [3.63, 3.8) is 0 Å².